The molecule has 4 nitrogen and oxygen atoms in total. The summed E-state index contributed by atoms with van der Waals surface area (Å²) >= 11 is 1.64. The lowest BCUT2D eigenvalue weighted by molar-refractivity contribution is 0.615. The SMILES string of the molecule is O=c1[nH]nc(SCCCc2ccccc2)n1CCc1ccccc1. The van der Waals surface area contributed by atoms with Crippen LogP contribution in [0.4, 0.5) is 0 Å². The van der Waals surface area contributed by atoms with E-state index in [2.05, 4.69) is 46.6 Å². The maximum absolute atomic E-state index is 11.9. The van der Waals surface area contributed by atoms with Crippen molar-refractivity contribution in [3.05, 3.63) is 82.3 Å². The van der Waals surface area contributed by atoms with Crippen LogP contribution in [-0.4, -0.2) is 20.5 Å². The minimum Gasteiger partial charge on any atom is -0.270 e. The normalized spacial score (nSPS) is 10.8. The molecule has 124 valence electrons. The Morgan fingerprint density at radius 1 is 0.917 bits per heavy atom. The molecule has 1 N–H and O–H groups in total. The van der Waals surface area contributed by atoms with E-state index in [1.54, 1.807) is 16.3 Å². The first kappa shape index (κ1) is 16.6. The van der Waals surface area contributed by atoms with Crippen molar-refractivity contribution in [2.75, 3.05) is 5.75 Å². The summed E-state index contributed by atoms with van der Waals surface area (Å²) < 4.78 is 1.74. The van der Waals surface area contributed by atoms with E-state index in [4.69, 9.17) is 0 Å². The van der Waals surface area contributed by atoms with E-state index in [-0.39, 0.29) is 5.69 Å². The van der Waals surface area contributed by atoms with E-state index < -0.39 is 0 Å². The molecule has 0 radical (unpaired) electrons. The highest BCUT2D eigenvalue weighted by Crippen LogP contribution is 2.16. The number of nitrogens with one attached hydrogen (secondary N) is 1. The van der Waals surface area contributed by atoms with Crippen molar-refractivity contribution in [2.45, 2.75) is 31.0 Å². The smallest absolute Gasteiger partial charge is 0.270 e. The number of H-pyrrole nitrogens is 1. The number of aromatic amines is 1. The van der Waals surface area contributed by atoms with Crippen molar-refractivity contribution in [1.82, 2.24) is 14.8 Å². The molecule has 0 aliphatic heterocycles. The minimum atomic E-state index is -0.128. The van der Waals surface area contributed by atoms with Gasteiger partial charge in [-0.1, -0.05) is 72.4 Å². The summed E-state index contributed by atoms with van der Waals surface area (Å²) in [6.07, 6.45) is 2.94. The Morgan fingerprint density at radius 2 is 1.54 bits per heavy atom. The van der Waals surface area contributed by atoms with Gasteiger partial charge in [-0.05, 0) is 30.4 Å². The summed E-state index contributed by atoms with van der Waals surface area (Å²) in [4.78, 5) is 11.9. The average molecular weight is 339 g/mol. The molecule has 2 aromatic carbocycles. The fourth-order valence-electron chi connectivity index (χ4n) is 2.58. The summed E-state index contributed by atoms with van der Waals surface area (Å²) in [7, 11) is 0. The summed E-state index contributed by atoms with van der Waals surface area (Å²) in [5, 5.41) is 7.51. The Bertz CT molecular complexity index is 796. The lowest BCUT2D eigenvalue weighted by atomic mass is 10.1. The van der Waals surface area contributed by atoms with Gasteiger partial charge in [0.25, 0.3) is 0 Å². The number of rotatable bonds is 8. The zero-order valence-electron chi connectivity index (χ0n) is 13.5. The second-order valence-electron chi connectivity index (χ2n) is 5.64. The third kappa shape index (κ3) is 4.61. The summed E-state index contributed by atoms with van der Waals surface area (Å²) in [6.45, 7) is 0.653. The summed E-state index contributed by atoms with van der Waals surface area (Å²) in [5.41, 5.74) is 2.45. The number of aromatic nitrogens is 3. The van der Waals surface area contributed by atoms with Crippen LogP contribution in [0, 0.1) is 0 Å². The number of benzene rings is 2. The van der Waals surface area contributed by atoms with Crippen molar-refractivity contribution in [1.29, 1.82) is 0 Å². The molecule has 0 saturated heterocycles. The zero-order valence-corrected chi connectivity index (χ0v) is 14.3. The number of hydrogen-bond acceptors (Lipinski definition) is 3. The molecule has 0 aliphatic carbocycles. The molecule has 0 amide bonds. The van der Waals surface area contributed by atoms with Gasteiger partial charge in [-0.3, -0.25) is 4.57 Å². The molecule has 1 heterocycles. The Kier molecular flexibility index (Phi) is 5.90. The van der Waals surface area contributed by atoms with Crippen molar-refractivity contribution < 1.29 is 0 Å². The van der Waals surface area contributed by atoms with Crippen LogP contribution in [0.3, 0.4) is 0 Å². The Labute approximate surface area is 145 Å². The number of hydrogen-bond donors (Lipinski definition) is 1. The van der Waals surface area contributed by atoms with Gasteiger partial charge in [0.15, 0.2) is 5.16 Å². The van der Waals surface area contributed by atoms with Gasteiger partial charge < -0.3 is 0 Å². The Morgan fingerprint density at radius 3 is 2.21 bits per heavy atom. The molecule has 0 spiro atoms. The van der Waals surface area contributed by atoms with Crippen LogP contribution in [0.5, 0.6) is 0 Å². The molecule has 0 fully saturated rings. The monoisotopic (exact) mass is 339 g/mol. The fraction of sp³-hybridized carbons (Fsp3) is 0.263. The molecule has 0 aliphatic rings. The first-order chi connectivity index (χ1) is 11.8. The first-order valence-corrected chi connectivity index (χ1v) is 9.17. The van der Waals surface area contributed by atoms with Gasteiger partial charge in [0, 0.05) is 12.3 Å². The number of aryl methyl sites for hydroxylation is 2. The predicted octanol–water partition coefficient (Wildman–Crippen LogP) is 3.54. The van der Waals surface area contributed by atoms with Crippen LogP contribution in [0.15, 0.2) is 70.6 Å². The zero-order chi connectivity index (χ0) is 16.6. The van der Waals surface area contributed by atoms with Crippen molar-refractivity contribution in [2.24, 2.45) is 0 Å². The van der Waals surface area contributed by atoms with E-state index in [1.165, 1.54) is 11.1 Å². The molecule has 0 saturated carbocycles. The topological polar surface area (TPSA) is 50.7 Å². The van der Waals surface area contributed by atoms with Crippen LogP contribution >= 0.6 is 11.8 Å². The van der Waals surface area contributed by atoms with Gasteiger partial charge >= 0.3 is 5.69 Å². The van der Waals surface area contributed by atoms with E-state index in [0.717, 1.165) is 30.2 Å². The molecule has 0 unspecified atom stereocenters. The van der Waals surface area contributed by atoms with Crippen LogP contribution in [0.2, 0.25) is 0 Å². The number of nitrogens with zero attached hydrogens (tertiary/aromatic N) is 2. The third-order valence-electron chi connectivity index (χ3n) is 3.87. The lowest BCUT2D eigenvalue weighted by Gasteiger charge is -2.06. The first-order valence-electron chi connectivity index (χ1n) is 8.19. The van der Waals surface area contributed by atoms with Crippen molar-refractivity contribution in [3.8, 4) is 0 Å². The van der Waals surface area contributed by atoms with Crippen molar-refractivity contribution >= 4 is 11.8 Å². The molecule has 1 aromatic heterocycles. The molecule has 3 aromatic rings. The predicted molar refractivity (Wildman–Crippen MR) is 98.5 cm³/mol. The van der Waals surface area contributed by atoms with E-state index >= 15 is 0 Å². The van der Waals surface area contributed by atoms with E-state index in [1.807, 2.05) is 24.3 Å². The maximum atomic E-state index is 11.9. The van der Waals surface area contributed by atoms with E-state index in [0.29, 0.717) is 6.54 Å². The van der Waals surface area contributed by atoms with Gasteiger partial charge in [-0.25, -0.2) is 9.89 Å². The molecule has 5 heteroatoms. The van der Waals surface area contributed by atoms with Gasteiger partial charge in [0.2, 0.25) is 0 Å². The van der Waals surface area contributed by atoms with Crippen LogP contribution in [-0.2, 0) is 19.4 Å². The third-order valence-corrected chi connectivity index (χ3v) is 4.94. The lowest BCUT2D eigenvalue weighted by Crippen LogP contribution is -2.18. The average Bonchev–Trinajstić information content (AvgIpc) is 2.98. The molecular weight excluding hydrogens is 318 g/mol. The molecular formula is C19H21N3OS. The highest BCUT2D eigenvalue weighted by molar-refractivity contribution is 7.99. The van der Waals surface area contributed by atoms with Gasteiger partial charge in [0.1, 0.15) is 0 Å². The second-order valence-corrected chi connectivity index (χ2v) is 6.70. The van der Waals surface area contributed by atoms with Crippen LogP contribution < -0.4 is 5.69 Å². The van der Waals surface area contributed by atoms with Gasteiger partial charge in [-0.15, -0.1) is 5.10 Å². The Hall–Kier alpha value is -2.27. The summed E-state index contributed by atoms with van der Waals surface area (Å²) in [6, 6.07) is 20.7. The molecule has 3 rings (SSSR count). The quantitative estimate of drug-likeness (QED) is 0.504. The highest BCUT2D eigenvalue weighted by Gasteiger charge is 2.08. The molecule has 24 heavy (non-hydrogen) atoms. The highest BCUT2D eigenvalue weighted by atomic mass is 32.2. The van der Waals surface area contributed by atoms with Crippen LogP contribution in [0.1, 0.15) is 17.5 Å². The Balaban J connectivity index is 1.52. The van der Waals surface area contributed by atoms with Crippen molar-refractivity contribution in [3.63, 3.8) is 0 Å². The van der Waals surface area contributed by atoms with Crippen LogP contribution in [0.25, 0.3) is 0 Å². The fourth-order valence-corrected chi connectivity index (χ4v) is 3.49. The number of thioether (sulfide) groups is 1. The molecule has 0 atom stereocenters. The largest absolute Gasteiger partial charge is 0.343 e. The standard InChI is InChI=1S/C19H21N3OS/c23-18-20-21-19(22(18)14-13-17-10-5-2-6-11-17)24-15-7-12-16-8-3-1-4-9-16/h1-6,8-11H,7,12-15H2,(H,20,23). The maximum Gasteiger partial charge on any atom is 0.343 e. The second kappa shape index (κ2) is 8.55. The van der Waals surface area contributed by atoms with Gasteiger partial charge in [-0.2, -0.15) is 0 Å². The minimum absolute atomic E-state index is 0.128. The van der Waals surface area contributed by atoms with E-state index in [9.17, 15) is 4.79 Å². The summed E-state index contributed by atoms with van der Waals surface area (Å²) in [5.74, 6) is 0.949. The molecule has 0 bridgehead atoms. The van der Waals surface area contributed by atoms with Gasteiger partial charge in [0.05, 0.1) is 0 Å².